The van der Waals surface area contributed by atoms with E-state index in [1.165, 1.54) is 6.20 Å². The maximum Gasteiger partial charge on any atom is 0.343 e. The van der Waals surface area contributed by atoms with E-state index in [1.807, 2.05) is 45.0 Å². The van der Waals surface area contributed by atoms with Gasteiger partial charge in [-0.3, -0.25) is 4.68 Å². The number of esters is 1. The first kappa shape index (κ1) is 26.1. The third kappa shape index (κ3) is 6.12. The molecule has 0 fully saturated rings. The summed E-state index contributed by atoms with van der Waals surface area (Å²) in [4.78, 5) is 30.1. The van der Waals surface area contributed by atoms with E-state index in [4.69, 9.17) is 9.47 Å². The van der Waals surface area contributed by atoms with E-state index >= 15 is 0 Å². The van der Waals surface area contributed by atoms with Gasteiger partial charge in [-0.1, -0.05) is 26.0 Å². The molecule has 0 radical (unpaired) electrons. The Balaban J connectivity index is 0.00000176. The van der Waals surface area contributed by atoms with Gasteiger partial charge in [-0.15, -0.1) is 0 Å². The first-order valence-corrected chi connectivity index (χ1v) is 11.5. The molecule has 0 unspecified atom stereocenters. The molecule has 0 saturated carbocycles. The second-order valence-corrected chi connectivity index (χ2v) is 7.22. The monoisotopic (exact) mass is 490 g/mol. The number of carbonyl (C=O) groups excluding carboxylic acids is 1. The van der Waals surface area contributed by atoms with Gasteiger partial charge in [0.05, 0.1) is 25.0 Å². The number of methoxy groups -OCH3 is 1. The summed E-state index contributed by atoms with van der Waals surface area (Å²) in [5.74, 6) is 1.53. The van der Waals surface area contributed by atoms with Crippen LogP contribution >= 0.6 is 0 Å². The van der Waals surface area contributed by atoms with Crippen molar-refractivity contribution in [3.05, 3.63) is 60.2 Å². The lowest BCUT2D eigenvalue weighted by Crippen LogP contribution is -2.12. The molecule has 2 N–H and O–H groups in total. The van der Waals surface area contributed by atoms with Crippen molar-refractivity contribution in [3.8, 4) is 17.1 Å². The largest absolute Gasteiger partial charge is 0.494 e. The predicted octanol–water partition coefficient (Wildman–Crippen LogP) is 4.67. The van der Waals surface area contributed by atoms with Crippen molar-refractivity contribution in [2.75, 3.05) is 24.4 Å². The number of para-hydroxylation sites is 1. The van der Waals surface area contributed by atoms with Gasteiger partial charge in [0, 0.05) is 18.9 Å². The van der Waals surface area contributed by atoms with Crippen LogP contribution < -0.4 is 15.4 Å². The Labute approximate surface area is 210 Å². The van der Waals surface area contributed by atoms with Gasteiger partial charge < -0.3 is 20.1 Å². The molecule has 11 nitrogen and oxygen atoms in total. The molecule has 36 heavy (non-hydrogen) atoms. The highest BCUT2D eigenvalue weighted by atomic mass is 16.5. The van der Waals surface area contributed by atoms with E-state index in [0.29, 0.717) is 28.6 Å². The molecular formula is C25H30N8O3. The summed E-state index contributed by atoms with van der Waals surface area (Å²) < 4.78 is 12.5. The number of aryl methyl sites for hydroxylation is 2. The van der Waals surface area contributed by atoms with Crippen LogP contribution in [0.15, 0.2) is 48.9 Å². The number of benzene rings is 1. The molecule has 0 amide bonds. The number of anilines is 4. The third-order valence-corrected chi connectivity index (χ3v) is 4.73. The van der Waals surface area contributed by atoms with Gasteiger partial charge in [-0.2, -0.15) is 10.1 Å². The molecule has 0 aliphatic carbocycles. The molecule has 3 heterocycles. The fraction of sp³-hybridized carbons (Fsp3) is 0.280. The van der Waals surface area contributed by atoms with Crippen LogP contribution in [0.25, 0.3) is 11.4 Å². The Morgan fingerprint density at radius 2 is 1.83 bits per heavy atom. The van der Waals surface area contributed by atoms with E-state index in [1.54, 1.807) is 44.2 Å². The van der Waals surface area contributed by atoms with Crippen LogP contribution in [0.2, 0.25) is 0 Å². The quantitative estimate of drug-likeness (QED) is 0.336. The van der Waals surface area contributed by atoms with Crippen LogP contribution in [0.5, 0.6) is 5.75 Å². The van der Waals surface area contributed by atoms with Crippen LogP contribution in [0.3, 0.4) is 0 Å². The summed E-state index contributed by atoms with van der Waals surface area (Å²) in [7, 11) is 3.34. The van der Waals surface area contributed by atoms with Gasteiger partial charge in [0.1, 0.15) is 17.7 Å². The van der Waals surface area contributed by atoms with E-state index in [0.717, 1.165) is 5.69 Å². The second-order valence-electron chi connectivity index (χ2n) is 7.22. The van der Waals surface area contributed by atoms with Crippen molar-refractivity contribution in [1.82, 2.24) is 29.7 Å². The van der Waals surface area contributed by atoms with Gasteiger partial charge in [-0.05, 0) is 38.1 Å². The van der Waals surface area contributed by atoms with Gasteiger partial charge >= 0.3 is 5.97 Å². The second kappa shape index (κ2) is 12.2. The van der Waals surface area contributed by atoms with E-state index < -0.39 is 5.97 Å². The van der Waals surface area contributed by atoms with Crippen LogP contribution in [0, 0.1) is 6.92 Å². The lowest BCUT2D eigenvalue weighted by molar-refractivity contribution is 0.0526. The predicted molar refractivity (Wildman–Crippen MR) is 138 cm³/mol. The van der Waals surface area contributed by atoms with Gasteiger partial charge in [0.25, 0.3) is 0 Å². The van der Waals surface area contributed by atoms with Crippen molar-refractivity contribution in [1.29, 1.82) is 0 Å². The van der Waals surface area contributed by atoms with E-state index in [9.17, 15) is 4.79 Å². The molecule has 11 heteroatoms. The van der Waals surface area contributed by atoms with Crippen molar-refractivity contribution < 1.29 is 14.3 Å². The van der Waals surface area contributed by atoms with Crippen molar-refractivity contribution in [2.45, 2.75) is 27.7 Å². The number of ether oxygens (including phenoxy) is 2. The molecule has 188 valence electrons. The molecule has 0 aliphatic heterocycles. The summed E-state index contributed by atoms with van der Waals surface area (Å²) in [5.41, 5.74) is 2.27. The van der Waals surface area contributed by atoms with Crippen molar-refractivity contribution in [2.24, 2.45) is 7.05 Å². The van der Waals surface area contributed by atoms with Crippen LogP contribution in [0.1, 0.15) is 36.8 Å². The van der Waals surface area contributed by atoms with Gasteiger partial charge in [0.15, 0.2) is 17.4 Å². The Hall–Kier alpha value is -4.54. The molecule has 0 saturated heterocycles. The molecule has 0 atom stereocenters. The SMILES string of the molecule is CC.CCOC(=O)c1cnc(Nc2cccc(C)n2)nc1Nc1cccc(-c2ncn(C)n2)c1OC. The highest BCUT2D eigenvalue weighted by Gasteiger charge is 2.20. The summed E-state index contributed by atoms with van der Waals surface area (Å²) in [5, 5.41) is 10.6. The summed E-state index contributed by atoms with van der Waals surface area (Å²) in [6, 6.07) is 11.0. The fourth-order valence-corrected chi connectivity index (χ4v) is 3.24. The normalized spacial score (nSPS) is 10.2. The smallest absolute Gasteiger partial charge is 0.343 e. The van der Waals surface area contributed by atoms with Crippen molar-refractivity contribution in [3.63, 3.8) is 0 Å². The minimum atomic E-state index is -0.549. The molecular weight excluding hydrogens is 460 g/mol. The first-order chi connectivity index (χ1) is 17.5. The van der Waals surface area contributed by atoms with E-state index in [-0.39, 0.29) is 23.9 Å². The lowest BCUT2D eigenvalue weighted by atomic mass is 10.1. The zero-order valence-electron chi connectivity index (χ0n) is 21.2. The maximum atomic E-state index is 12.6. The summed E-state index contributed by atoms with van der Waals surface area (Å²) in [6.07, 6.45) is 3.01. The fourth-order valence-electron chi connectivity index (χ4n) is 3.24. The Bertz CT molecular complexity index is 1320. The van der Waals surface area contributed by atoms with Crippen LogP contribution in [-0.2, 0) is 11.8 Å². The number of aromatic nitrogens is 6. The number of nitrogens with one attached hydrogen (secondary N) is 2. The maximum absolute atomic E-state index is 12.6. The third-order valence-electron chi connectivity index (χ3n) is 4.73. The topological polar surface area (TPSA) is 129 Å². The average Bonchev–Trinajstić information content (AvgIpc) is 3.31. The molecule has 4 rings (SSSR count). The lowest BCUT2D eigenvalue weighted by Gasteiger charge is -2.16. The number of hydrogen-bond donors (Lipinski definition) is 2. The number of hydrogen-bond acceptors (Lipinski definition) is 10. The van der Waals surface area contributed by atoms with Crippen LogP contribution in [-0.4, -0.2) is 49.4 Å². The Kier molecular flexibility index (Phi) is 8.87. The molecule has 1 aromatic carbocycles. The molecule has 0 bridgehead atoms. The number of nitrogens with zero attached hydrogens (tertiary/aromatic N) is 6. The summed E-state index contributed by atoms with van der Waals surface area (Å²) >= 11 is 0. The van der Waals surface area contributed by atoms with E-state index in [2.05, 4.69) is 35.7 Å². The molecule has 3 aromatic heterocycles. The van der Waals surface area contributed by atoms with Crippen LogP contribution in [0.4, 0.5) is 23.3 Å². The minimum absolute atomic E-state index is 0.174. The Morgan fingerprint density at radius 1 is 1.06 bits per heavy atom. The zero-order valence-corrected chi connectivity index (χ0v) is 21.2. The zero-order chi connectivity index (χ0) is 26.1. The highest BCUT2D eigenvalue weighted by molar-refractivity contribution is 5.96. The average molecular weight is 491 g/mol. The molecule has 0 spiro atoms. The molecule has 4 aromatic rings. The highest BCUT2D eigenvalue weighted by Crippen LogP contribution is 2.36. The number of pyridine rings is 1. The van der Waals surface area contributed by atoms with Crippen molar-refractivity contribution >= 4 is 29.2 Å². The molecule has 0 aliphatic rings. The van der Waals surface area contributed by atoms with Gasteiger partial charge in [-0.25, -0.2) is 19.7 Å². The van der Waals surface area contributed by atoms with Gasteiger partial charge in [0.2, 0.25) is 5.95 Å². The number of rotatable bonds is 8. The Morgan fingerprint density at radius 3 is 2.50 bits per heavy atom. The number of carbonyl (C=O) groups is 1. The standard InChI is InChI=1S/C23H24N8O3.C2H6/c1-5-34-22(32)16-12-24-23(28-18-11-6-8-14(2)26-18)29-21(16)27-17-10-7-9-15(19(17)33-4)20-25-13-31(3)30-20;1-2/h6-13H,5H2,1-4H3,(H2,24,26,27,28,29);1-2H3. The minimum Gasteiger partial charge on any atom is -0.494 e. The summed E-state index contributed by atoms with van der Waals surface area (Å²) in [6.45, 7) is 7.84. The first-order valence-electron chi connectivity index (χ1n) is 11.5.